The predicted octanol–water partition coefficient (Wildman–Crippen LogP) is 4.79. The summed E-state index contributed by atoms with van der Waals surface area (Å²) < 4.78 is 18.0. The standard InChI is InChI=1S/C32H39N3O6/c1-4-39-29(37)18-33-32(38)34-27-12-8-11-26(17-27)31-40-28(20-35(3)19-23-9-6-5-7-10-23)22(2)30(41-31)25-15-13-24(21-36)14-16-25/h5-17,22,28,30-31,36H,4,18-21H2,1-3H3,(H2,33,34,38). The molecule has 218 valence electrons. The van der Waals surface area contributed by atoms with Crippen LogP contribution in [0.15, 0.2) is 78.9 Å². The van der Waals surface area contributed by atoms with Gasteiger partial charge in [-0.1, -0.05) is 73.7 Å². The van der Waals surface area contributed by atoms with Gasteiger partial charge in [0.25, 0.3) is 0 Å². The van der Waals surface area contributed by atoms with Crippen LogP contribution in [0.3, 0.4) is 0 Å². The molecule has 1 aliphatic heterocycles. The Morgan fingerprint density at radius 2 is 1.71 bits per heavy atom. The minimum Gasteiger partial charge on any atom is -0.465 e. The Labute approximate surface area is 241 Å². The van der Waals surface area contributed by atoms with E-state index in [0.29, 0.717) is 12.2 Å². The van der Waals surface area contributed by atoms with Crippen molar-refractivity contribution in [3.05, 3.63) is 101 Å². The average Bonchev–Trinajstić information content (AvgIpc) is 2.98. The number of benzene rings is 3. The van der Waals surface area contributed by atoms with Crippen molar-refractivity contribution in [3.8, 4) is 0 Å². The third kappa shape index (κ3) is 8.61. The smallest absolute Gasteiger partial charge is 0.325 e. The molecule has 1 saturated heterocycles. The third-order valence-electron chi connectivity index (χ3n) is 7.03. The molecular formula is C32H39N3O6. The van der Waals surface area contributed by atoms with Crippen LogP contribution in [-0.4, -0.2) is 54.9 Å². The number of aliphatic hydroxyl groups is 1. The maximum Gasteiger partial charge on any atom is 0.325 e. The summed E-state index contributed by atoms with van der Waals surface area (Å²) in [6.07, 6.45) is -1.07. The van der Waals surface area contributed by atoms with Crippen molar-refractivity contribution in [1.29, 1.82) is 0 Å². The number of urea groups is 1. The van der Waals surface area contributed by atoms with E-state index in [1.165, 1.54) is 5.56 Å². The Bertz CT molecular complexity index is 1270. The lowest BCUT2D eigenvalue weighted by Crippen LogP contribution is -2.43. The fraction of sp³-hybridized carbons (Fsp3) is 0.375. The van der Waals surface area contributed by atoms with E-state index < -0.39 is 18.3 Å². The molecule has 0 aromatic heterocycles. The van der Waals surface area contributed by atoms with Crippen LogP contribution < -0.4 is 10.6 Å². The van der Waals surface area contributed by atoms with Gasteiger partial charge in [-0.25, -0.2) is 4.79 Å². The molecule has 0 saturated carbocycles. The Morgan fingerprint density at radius 3 is 2.41 bits per heavy atom. The molecule has 4 unspecified atom stereocenters. The summed E-state index contributed by atoms with van der Waals surface area (Å²) in [6.45, 7) is 5.33. The molecule has 3 N–H and O–H groups in total. The van der Waals surface area contributed by atoms with Gasteiger partial charge in [0.2, 0.25) is 0 Å². The maximum absolute atomic E-state index is 12.3. The summed E-state index contributed by atoms with van der Waals surface area (Å²) in [5.74, 6) is -0.463. The van der Waals surface area contributed by atoms with Crippen LogP contribution >= 0.6 is 0 Å². The molecule has 0 radical (unpaired) electrons. The van der Waals surface area contributed by atoms with Gasteiger partial charge in [0, 0.05) is 30.3 Å². The fourth-order valence-electron chi connectivity index (χ4n) is 4.90. The summed E-state index contributed by atoms with van der Waals surface area (Å²) in [6, 6.07) is 24.9. The Hall–Kier alpha value is -3.76. The van der Waals surface area contributed by atoms with Crippen LogP contribution in [0.2, 0.25) is 0 Å². The molecule has 9 nitrogen and oxygen atoms in total. The number of ether oxygens (including phenoxy) is 3. The van der Waals surface area contributed by atoms with Crippen molar-refractivity contribution in [2.75, 3.05) is 32.1 Å². The fourth-order valence-corrected chi connectivity index (χ4v) is 4.90. The van der Waals surface area contributed by atoms with Crippen molar-refractivity contribution >= 4 is 17.7 Å². The number of nitrogens with one attached hydrogen (secondary N) is 2. The second kappa shape index (κ2) is 14.7. The molecule has 4 rings (SSSR count). The number of aliphatic hydroxyl groups excluding tert-OH is 1. The first kappa shape index (κ1) is 30.2. The van der Waals surface area contributed by atoms with Crippen LogP contribution in [-0.2, 0) is 32.2 Å². The lowest BCUT2D eigenvalue weighted by atomic mass is 9.90. The number of rotatable bonds is 11. The van der Waals surface area contributed by atoms with Gasteiger partial charge in [-0.3, -0.25) is 9.69 Å². The summed E-state index contributed by atoms with van der Waals surface area (Å²) in [5, 5.41) is 14.8. The van der Waals surface area contributed by atoms with Gasteiger partial charge in [0.15, 0.2) is 6.29 Å². The topological polar surface area (TPSA) is 109 Å². The highest BCUT2D eigenvalue weighted by atomic mass is 16.7. The molecule has 4 atom stereocenters. The SMILES string of the molecule is CCOC(=O)CNC(=O)Nc1cccc(C2OC(CN(C)Cc3ccccc3)C(C)C(c3ccc(CO)cc3)O2)c1. The van der Waals surface area contributed by atoms with Gasteiger partial charge >= 0.3 is 12.0 Å². The number of carbonyl (C=O) groups excluding carboxylic acids is 2. The van der Waals surface area contributed by atoms with Crippen LogP contribution in [0.25, 0.3) is 0 Å². The van der Waals surface area contributed by atoms with E-state index in [1.807, 2.05) is 54.6 Å². The highest BCUT2D eigenvalue weighted by Crippen LogP contribution is 2.42. The van der Waals surface area contributed by atoms with E-state index in [4.69, 9.17) is 14.2 Å². The van der Waals surface area contributed by atoms with Crippen molar-refractivity contribution in [2.45, 2.75) is 45.5 Å². The summed E-state index contributed by atoms with van der Waals surface area (Å²) in [5.41, 5.74) is 4.36. The van der Waals surface area contributed by atoms with Gasteiger partial charge in [-0.05, 0) is 42.8 Å². The normalized spacial score (nSPS) is 20.4. The van der Waals surface area contributed by atoms with Crippen molar-refractivity contribution in [3.63, 3.8) is 0 Å². The lowest BCUT2D eigenvalue weighted by molar-refractivity contribution is -0.276. The largest absolute Gasteiger partial charge is 0.465 e. The Balaban J connectivity index is 1.51. The summed E-state index contributed by atoms with van der Waals surface area (Å²) >= 11 is 0. The molecule has 3 aromatic carbocycles. The highest BCUT2D eigenvalue weighted by Gasteiger charge is 2.38. The number of nitrogens with zero attached hydrogens (tertiary/aromatic N) is 1. The van der Waals surface area contributed by atoms with E-state index in [0.717, 1.165) is 23.2 Å². The first-order valence-corrected chi connectivity index (χ1v) is 13.9. The van der Waals surface area contributed by atoms with Crippen molar-refractivity contribution in [1.82, 2.24) is 10.2 Å². The van der Waals surface area contributed by atoms with Crippen LogP contribution in [0, 0.1) is 5.92 Å². The third-order valence-corrected chi connectivity index (χ3v) is 7.03. The van der Waals surface area contributed by atoms with E-state index in [-0.39, 0.29) is 37.9 Å². The molecular weight excluding hydrogens is 522 g/mol. The second-order valence-corrected chi connectivity index (χ2v) is 10.2. The van der Waals surface area contributed by atoms with E-state index in [1.54, 1.807) is 19.1 Å². The van der Waals surface area contributed by atoms with Crippen molar-refractivity contribution in [2.24, 2.45) is 5.92 Å². The van der Waals surface area contributed by atoms with Gasteiger partial charge in [-0.15, -0.1) is 0 Å². The second-order valence-electron chi connectivity index (χ2n) is 10.2. The lowest BCUT2D eigenvalue weighted by Gasteiger charge is -2.42. The van der Waals surface area contributed by atoms with Crippen LogP contribution in [0.5, 0.6) is 0 Å². The quantitative estimate of drug-likeness (QED) is 0.289. The Morgan fingerprint density at radius 1 is 0.951 bits per heavy atom. The molecule has 2 amide bonds. The first-order valence-electron chi connectivity index (χ1n) is 13.9. The molecule has 0 spiro atoms. The monoisotopic (exact) mass is 561 g/mol. The number of amides is 2. The van der Waals surface area contributed by atoms with Crippen LogP contribution in [0.4, 0.5) is 10.5 Å². The Kier molecular flexibility index (Phi) is 10.9. The number of likely N-dealkylation sites (N-methyl/N-ethyl adjacent to an activating group) is 1. The van der Waals surface area contributed by atoms with Crippen LogP contribution in [0.1, 0.15) is 48.5 Å². The van der Waals surface area contributed by atoms with Crippen molar-refractivity contribution < 1.29 is 28.9 Å². The summed E-state index contributed by atoms with van der Waals surface area (Å²) in [7, 11) is 2.08. The molecule has 1 aliphatic rings. The van der Waals surface area contributed by atoms with Gasteiger partial charge < -0.3 is 30.0 Å². The maximum atomic E-state index is 12.3. The summed E-state index contributed by atoms with van der Waals surface area (Å²) in [4.78, 5) is 26.2. The van der Waals surface area contributed by atoms with E-state index in [9.17, 15) is 14.7 Å². The number of hydrogen-bond acceptors (Lipinski definition) is 7. The number of hydrogen-bond donors (Lipinski definition) is 3. The highest BCUT2D eigenvalue weighted by molar-refractivity contribution is 5.91. The molecule has 0 bridgehead atoms. The average molecular weight is 562 g/mol. The van der Waals surface area contributed by atoms with E-state index >= 15 is 0 Å². The minimum absolute atomic E-state index is 0.0207. The van der Waals surface area contributed by atoms with Gasteiger partial charge in [0.05, 0.1) is 25.4 Å². The zero-order valence-electron chi connectivity index (χ0n) is 23.8. The molecule has 1 fully saturated rings. The molecule has 41 heavy (non-hydrogen) atoms. The number of anilines is 1. The van der Waals surface area contributed by atoms with E-state index in [2.05, 4.69) is 41.6 Å². The van der Waals surface area contributed by atoms with Gasteiger partial charge in [-0.2, -0.15) is 0 Å². The zero-order valence-corrected chi connectivity index (χ0v) is 23.8. The molecule has 0 aliphatic carbocycles. The van der Waals surface area contributed by atoms with Gasteiger partial charge in [0.1, 0.15) is 6.54 Å². The predicted molar refractivity (Wildman–Crippen MR) is 156 cm³/mol. The first-order chi connectivity index (χ1) is 19.9. The minimum atomic E-state index is -0.673. The zero-order chi connectivity index (χ0) is 29.2. The number of esters is 1. The molecule has 9 heteroatoms. The number of carbonyl (C=O) groups is 2. The molecule has 1 heterocycles. The molecule has 3 aromatic rings.